The number of nitrogens with one attached hydrogen (secondary N) is 2. The van der Waals surface area contributed by atoms with Crippen LogP contribution in [0.3, 0.4) is 0 Å². The monoisotopic (exact) mass is 425 g/mol. The normalized spacial score (nSPS) is 19.0. The fourth-order valence-corrected chi connectivity index (χ4v) is 4.77. The summed E-state index contributed by atoms with van der Waals surface area (Å²) in [6.45, 7) is 0.679. The Labute approximate surface area is 188 Å². The quantitative estimate of drug-likeness (QED) is 0.482. The minimum absolute atomic E-state index is 0.000631. The summed E-state index contributed by atoms with van der Waals surface area (Å²) in [6.07, 6.45) is 2.94. The van der Waals surface area contributed by atoms with Crippen LogP contribution in [0.15, 0.2) is 72.8 Å². The molecule has 32 heavy (non-hydrogen) atoms. The zero-order valence-electron chi connectivity index (χ0n) is 18.2. The van der Waals surface area contributed by atoms with E-state index in [-0.39, 0.29) is 11.7 Å². The molecule has 1 amide bonds. The fraction of sp³-hybridized carbons (Fsp3) is 0.259. The van der Waals surface area contributed by atoms with Gasteiger partial charge in [-0.25, -0.2) is 0 Å². The number of nitrogens with zero attached hydrogens (tertiary/aromatic N) is 1. The first kappa shape index (κ1) is 20.6. The number of amides is 1. The number of ketones is 1. The highest BCUT2D eigenvalue weighted by Gasteiger charge is 2.28. The predicted octanol–water partition coefficient (Wildman–Crippen LogP) is 4.36. The molecule has 5 rings (SSSR count). The van der Waals surface area contributed by atoms with Crippen molar-refractivity contribution >= 4 is 11.7 Å². The van der Waals surface area contributed by atoms with E-state index >= 15 is 0 Å². The lowest BCUT2D eigenvalue weighted by molar-refractivity contribution is 0.0791. The molecule has 1 fully saturated rings. The molecule has 5 nitrogen and oxygen atoms in total. The van der Waals surface area contributed by atoms with Crippen LogP contribution in [0.5, 0.6) is 0 Å². The zero-order valence-corrected chi connectivity index (χ0v) is 18.2. The number of carbonyl (C=O) groups is 2. The summed E-state index contributed by atoms with van der Waals surface area (Å²) in [6, 6.07) is 24.3. The molecule has 5 heteroatoms. The van der Waals surface area contributed by atoms with Crippen LogP contribution in [0, 0.1) is 0 Å². The summed E-state index contributed by atoms with van der Waals surface area (Å²) in [7, 11) is 1.83. The van der Waals surface area contributed by atoms with Gasteiger partial charge < -0.3 is 4.90 Å². The smallest absolute Gasteiger partial charge is 0.253 e. The lowest BCUT2D eigenvalue weighted by Crippen LogP contribution is -2.32. The van der Waals surface area contributed by atoms with Crippen LogP contribution in [0.2, 0.25) is 0 Å². The van der Waals surface area contributed by atoms with E-state index in [0.29, 0.717) is 35.3 Å². The Bertz CT molecular complexity index is 1160. The maximum Gasteiger partial charge on any atom is 0.253 e. The van der Waals surface area contributed by atoms with E-state index in [9.17, 15) is 9.59 Å². The number of rotatable bonds is 6. The molecule has 2 unspecified atom stereocenters. The van der Waals surface area contributed by atoms with Gasteiger partial charge in [-0.15, -0.1) is 0 Å². The van der Waals surface area contributed by atoms with E-state index in [1.807, 2.05) is 49.5 Å². The first-order valence-electron chi connectivity index (χ1n) is 11.2. The third kappa shape index (κ3) is 3.85. The minimum atomic E-state index is -0.0452. The third-order valence-electron chi connectivity index (χ3n) is 6.55. The summed E-state index contributed by atoms with van der Waals surface area (Å²) in [5.41, 5.74) is 11.8. The molecular formula is C27H27N3O2. The van der Waals surface area contributed by atoms with Gasteiger partial charge in [-0.05, 0) is 48.1 Å². The van der Waals surface area contributed by atoms with E-state index in [2.05, 4.69) is 35.1 Å². The first-order valence-corrected chi connectivity index (χ1v) is 11.2. The predicted molar refractivity (Wildman–Crippen MR) is 125 cm³/mol. The Balaban J connectivity index is 1.16. The molecule has 2 aliphatic rings. The van der Waals surface area contributed by atoms with Crippen LogP contribution in [-0.4, -0.2) is 36.2 Å². The highest BCUT2D eigenvalue weighted by Crippen LogP contribution is 2.36. The number of carbonyl (C=O) groups excluding carboxylic acids is 2. The van der Waals surface area contributed by atoms with Crippen molar-refractivity contribution in [2.45, 2.75) is 31.3 Å². The molecule has 0 saturated carbocycles. The van der Waals surface area contributed by atoms with Crippen molar-refractivity contribution in [3.8, 4) is 11.1 Å². The van der Waals surface area contributed by atoms with Gasteiger partial charge in [-0.1, -0.05) is 60.7 Å². The standard InChI is InChI=1S/C27H27N3O2/c1-30(15-7-10-20-17-25(29-28-20)18-8-3-2-4-9-18)27(32)19-13-14-22-21-11-5-6-12-23(21)26(31)24(22)16-19/h2-6,8-9,11-14,16,20,25,28-29H,7,10,15,17H2,1H3. The molecule has 162 valence electrons. The van der Waals surface area contributed by atoms with Gasteiger partial charge in [0.25, 0.3) is 5.91 Å². The second kappa shape index (κ2) is 8.69. The molecule has 2 atom stereocenters. The van der Waals surface area contributed by atoms with Crippen molar-refractivity contribution in [1.82, 2.24) is 15.8 Å². The molecule has 1 aliphatic carbocycles. The molecule has 3 aromatic rings. The summed E-state index contributed by atoms with van der Waals surface area (Å²) in [5, 5.41) is 0. The molecule has 3 aromatic carbocycles. The number of benzene rings is 3. The van der Waals surface area contributed by atoms with Gasteiger partial charge in [-0.3, -0.25) is 20.4 Å². The molecule has 0 bridgehead atoms. The van der Waals surface area contributed by atoms with Gasteiger partial charge in [0.15, 0.2) is 5.78 Å². The van der Waals surface area contributed by atoms with Crippen LogP contribution in [0.1, 0.15) is 57.1 Å². The largest absolute Gasteiger partial charge is 0.342 e. The van der Waals surface area contributed by atoms with Crippen molar-refractivity contribution < 1.29 is 9.59 Å². The Morgan fingerprint density at radius 2 is 1.62 bits per heavy atom. The first-order chi connectivity index (χ1) is 15.6. The van der Waals surface area contributed by atoms with Crippen LogP contribution < -0.4 is 10.9 Å². The molecular weight excluding hydrogens is 398 g/mol. The van der Waals surface area contributed by atoms with Crippen LogP contribution >= 0.6 is 0 Å². The topological polar surface area (TPSA) is 61.4 Å². The maximum absolute atomic E-state index is 13.0. The van der Waals surface area contributed by atoms with Gasteiger partial charge in [0.1, 0.15) is 0 Å². The molecule has 1 saturated heterocycles. The lowest BCUT2D eigenvalue weighted by atomic mass is 9.99. The van der Waals surface area contributed by atoms with Gasteiger partial charge in [0.2, 0.25) is 0 Å². The fourth-order valence-electron chi connectivity index (χ4n) is 4.77. The Hall–Kier alpha value is -3.28. The summed E-state index contributed by atoms with van der Waals surface area (Å²) >= 11 is 0. The van der Waals surface area contributed by atoms with E-state index < -0.39 is 0 Å². The Morgan fingerprint density at radius 3 is 2.44 bits per heavy atom. The average Bonchev–Trinajstić information content (AvgIpc) is 3.42. The summed E-state index contributed by atoms with van der Waals surface area (Å²) in [4.78, 5) is 27.5. The minimum Gasteiger partial charge on any atom is -0.342 e. The molecule has 2 N–H and O–H groups in total. The van der Waals surface area contributed by atoms with Crippen molar-refractivity contribution in [1.29, 1.82) is 0 Å². The van der Waals surface area contributed by atoms with Crippen molar-refractivity contribution in [2.75, 3.05) is 13.6 Å². The number of fused-ring (bicyclic) bond motifs is 3. The zero-order chi connectivity index (χ0) is 22.1. The van der Waals surface area contributed by atoms with Crippen molar-refractivity contribution in [2.24, 2.45) is 0 Å². The molecule has 0 spiro atoms. The highest BCUT2D eigenvalue weighted by molar-refractivity contribution is 6.22. The summed E-state index contributed by atoms with van der Waals surface area (Å²) < 4.78 is 0. The number of hydrogen-bond donors (Lipinski definition) is 2. The van der Waals surface area contributed by atoms with E-state index in [0.717, 1.165) is 30.4 Å². The van der Waals surface area contributed by atoms with E-state index in [1.54, 1.807) is 11.0 Å². The Kier molecular flexibility index (Phi) is 5.60. The molecule has 1 aliphatic heterocycles. The van der Waals surface area contributed by atoms with Crippen LogP contribution in [0.25, 0.3) is 11.1 Å². The van der Waals surface area contributed by atoms with E-state index in [1.165, 1.54) is 5.56 Å². The SMILES string of the molecule is CN(CCCC1CC(c2ccccc2)NN1)C(=O)c1ccc2c(c1)C(=O)c1ccccc1-2. The van der Waals surface area contributed by atoms with Crippen LogP contribution in [-0.2, 0) is 0 Å². The molecule has 0 aromatic heterocycles. The second-order valence-corrected chi connectivity index (χ2v) is 8.69. The van der Waals surface area contributed by atoms with E-state index in [4.69, 9.17) is 0 Å². The third-order valence-corrected chi connectivity index (χ3v) is 6.55. The van der Waals surface area contributed by atoms with Gasteiger partial charge >= 0.3 is 0 Å². The lowest BCUT2D eigenvalue weighted by Gasteiger charge is -2.19. The van der Waals surface area contributed by atoms with Gasteiger partial charge in [0, 0.05) is 42.4 Å². The van der Waals surface area contributed by atoms with Gasteiger partial charge in [-0.2, -0.15) is 0 Å². The van der Waals surface area contributed by atoms with Gasteiger partial charge in [0.05, 0.1) is 0 Å². The van der Waals surface area contributed by atoms with Crippen molar-refractivity contribution in [3.63, 3.8) is 0 Å². The van der Waals surface area contributed by atoms with Crippen molar-refractivity contribution in [3.05, 3.63) is 95.1 Å². The maximum atomic E-state index is 13.0. The number of hydrazine groups is 1. The average molecular weight is 426 g/mol. The molecule has 1 heterocycles. The molecule has 0 radical (unpaired) electrons. The number of hydrogen-bond acceptors (Lipinski definition) is 4. The van der Waals surface area contributed by atoms with Crippen LogP contribution in [0.4, 0.5) is 0 Å². The Morgan fingerprint density at radius 1 is 0.906 bits per heavy atom. The highest BCUT2D eigenvalue weighted by atomic mass is 16.2. The summed E-state index contributed by atoms with van der Waals surface area (Å²) in [5.74, 6) is -0.0445. The second-order valence-electron chi connectivity index (χ2n) is 8.69.